The maximum atomic E-state index is 13.1. The first kappa shape index (κ1) is 20.4. The summed E-state index contributed by atoms with van der Waals surface area (Å²) >= 11 is 0. The fourth-order valence-corrected chi connectivity index (χ4v) is 4.43. The van der Waals surface area contributed by atoms with Crippen LogP contribution < -0.4 is 14.2 Å². The van der Waals surface area contributed by atoms with Gasteiger partial charge in [0.2, 0.25) is 6.79 Å². The molecule has 2 atom stereocenters. The van der Waals surface area contributed by atoms with E-state index in [9.17, 15) is 14.7 Å². The number of carbonyl (C=O) groups is 2. The summed E-state index contributed by atoms with van der Waals surface area (Å²) in [7, 11) is 1.52. The molecule has 1 N–H and O–H groups in total. The van der Waals surface area contributed by atoms with Gasteiger partial charge in [0.15, 0.2) is 11.5 Å². The molecule has 2 fully saturated rings. The van der Waals surface area contributed by atoms with Crippen molar-refractivity contribution < 1.29 is 33.6 Å². The van der Waals surface area contributed by atoms with Crippen molar-refractivity contribution in [3.8, 4) is 17.2 Å². The van der Waals surface area contributed by atoms with Gasteiger partial charge in [0.25, 0.3) is 11.7 Å². The van der Waals surface area contributed by atoms with Crippen LogP contribution in [-0.2, 0) is 14.3 Å². The number of nitrogens with zero attached hydrogens (tertiary/aromatic N) is 1. The van der Waals surface area contributed by atoms with E-state index in [0.29, 0.717) is 35.0 Å². The zero-order valence-corrected chi connectivity index (χ0v) is 17.6. The Labute approximate surface area is 184 Å². The molecule has 0 radical (unpaired) electrons. The molecular weight excluding hydrogens is 414 g/mol. The predicted molar refractivity (Wildman–Crippen MR) is 114 cm³/mol. The summed E-state index contributed by atoms with van der Waals surface area (Å²) in [5.74, 6) is 0.0184. The molecule has 8 nitrogen and oxygen atoms in total. The molecule has 2 aromatic carbocycles. The van der Waals surface area contributed by atoms with E-state index in [2.05, 4.69) is 0 Å². The van der Waals surface area contributed by atoms with Crippen molar-refractivity contribution in [2.24, 2.45) is 0 Å². The van der Waals surface area contributed by atoms with E-state index in [4.69, 9.17) is 18.9 Å². The first-order valence-electron chi connectivity index (χ1n) is 10.5. The van der Waals surface area contributed by atoms with Crippen molar-refractivity contribution in [2.45, 2.75) is 25.0 Å². The van der Waals surface area contributed by atoms with Gasteiger partial charge in [0.1, 0.15) is 11.5 Å². The Kier molecular flexibility index (Phi) is 5.22. The average molecular weight is 437 g/mol. The number of likely N-dealkylation sites (tertiary alicyclic amines) is 1. The van der Waals surface area contributed by atoms with Crippen molar-refractivity contribution in [1.82, 2.24) is 4.90 Å². The Bertz CT molecular complexity index is 1100. The van der Waals surface area contributed by atoms with Gasteiger partial charge in [-0.2, -0.15) is 0 Å². The third kappa shape index (κ3) is 3.46. The molecule has 0 spiro atoms. The molecule has 0 saturated carbocycles. The van der Waals surface area contributed by atoms with Gasteiger partial charge in [-0.15, -0.1) is 0 Å². The molecule has 1 amide bonds. The van der Waals surface area contributed by atoms with Crippen molar-refractivity contribution >= 4 is 17.4 Å². The molecular formula is C24H23NO7. The quantitative estimate of drug-likeness (QED) is 0.437. The predicted octanol–water partition coefficient (Wildman–Crippen LogP) is 3.02. The summed E-state index contributed by atoms with van der Waals surface area (Å²) in [4.78, 5) is 27.7. The molecule has 166 valence electrons. The Morgan fingerprint density at radius 2 is 2.00 bits per heavy atom. The normalized spacial score (nSPS) is 23.7. The lowest BCUT2D eigenvalue weighted by molar-refractivity contribution is -0.140. The molecule has 0 unspecified atom stereocenters. The topological polar surface area (TPSA) is 94.5 Å². The molecule has 0 aliphatic carbocycles. The van der Waals surface area contributed by atoms with Crippen molar-refractivity contribution in [2.75, 3.05) is 27.1 Å². The third-order valence-electron chi connectivity index (χ3n) is 6.02. The number of benzene rings is 2. The van der Waals surface area contributed by atoms with Crippen molar-refractivity contribution in [3.63, 3.8) is 0 Å². The van der Waals surface area contributed by atoms with Gasteiger partial charge in [0.05, 0.1) is 24.8 Å². The highest BCUT2D eigenvalue weighted by Gasteiger charge is 2.47. The number of hydrogen-bond donors (Lipinski definition) is 1. The zero-order chi connectivity index (χ0) is 22.2. The number of rotatable bonds is 5. The number of carbonyl (C=O) groups excluding carboxylic acids is 2. The maximum Gasteiger partial charge on any atom is 0.295 e. The molecule has 5 rings (SSSR count). The van der Waals surface area contributed by atoms with Crippen LogP contribution in [0.1, 0.15) is 30.0 Å². The number of amides is 1. The lowest BCUT2D eigenvalue weighted by atomic mass is 9.94. The van der Waals surface area contributed by atoms with Crippen LogP contribution in [0.25, 0.3) is 5.76 Å². The van der Waals surface area contributed by atoms with Gasteiger partial charge in [-0.3, -0.25) is 9.59 Å². The minimum Gasteiger partial charge on any atom is -0.507 e. The second-order valence-corrected chi connectivity index (χ2v) is 7.93. The fourth-order valence-electron chi connectivity index (χ4n) is 4.43. The van der Waals surface area contributed by atoms with Gasteiger partial charge in [-0.25, -0.2) is 0 Å². The third-order valence-corrected chi connectivity index (χ3v) is 6.02. The summed E-state index contributed by atoms with van der Waals surface area (Å²) in [5.41, 5.74) is 1.07. The smallest absolute Gasteiger partial charge is 0.295 e. The molecule has 3 aliphatic rings. The van der Waals surface area contributed by atoms with Gasteiger partial charge in [-0.1, -0.05) is 18.2 Å². The molecule has 3 aliphatic heterocycles. The number of aliphatic hydroxyl groups excluding tert-OH is 1. The minimum absolute atomic E-state index is 0.0279. The lowest BCUT2D eigenvalue weighted by Crippen LogP contribution is -2.36. The van der Waals surface area contributed by atoms with E-state index < -0.39 is 17.7 Å². The van der Waals surface area contributed by atoms with Gasteiger partial charge < -0.3 is 29.0 Å². The second-order valence-electron chi connectivity index (χ2n) is 7.93. The number of hydrogen-bond acceptors (Lipinski definition) is 7. The van der Waals surface area contributed by atoms with Gasteiger partial charge >= 0.3 is 0 Å². The Hall–Kier alpha value is -3.52. The standard InChI is InChI=1S/C24H23NO7/c1-29-16-5-2-4-15(10-16)22(26)20-21(14-7-8-18-19(11-14)32-13-31-18)25(24(28)23(20)27)12-17-6-3-9-30-17/h2,4-5,7-8,10-11,17,21,26H,3,6,9,12-13H2,1H3/t17-,21-/m0/s1. The molecule has 8 heteroatoms. The minimum atomic E-state index is -0.778. The fraction of sp³-hybridized carbons (Fsp3) is 0.333. The van der Waals surface area contributed by atoms with E-state index in [1.165, 1.54) is 12.0 Å². The lowest BCUT2D eigenvalue weighted by Gasteiger charge is -2.27. The van der Waals surface area contributed by atoms with Crippen molar-refractivity contribution in [3.05, 3.63) is 59.2 Å². The van der Waals surface area contributed by atoms with E-state index in [1.807, 2.05) is 0 Å². The van der Waals surface area contributed by atoms with E-state index in [0.717, 1.165) is 12.8 Å². The van der Waals surface area contributed by atoms with E-state index >= 15 is 0 Å². The van der Waals surface area contributed by atoms with Crippen LogP contribution in [0, 0.1) is 0 Å². The number of ether oxygens (including phenoxy) is 4. The van der Waals surface area contributed by atoms with Gasteiger partial charge in [0, 0.05) is 18.7 Å². The summed E-state index contributed by atoms with van der Waals surface area (Å²) in [6.45, 7) is 1.00. The van der Waals surface area contributed by atoms with Crippen molar-refractivity contribution in [1.29, 1.82) is 0 Å². The number of fused-ring (bicyclic) bond motifs is 1. The molecule has 3 heterocycles. The Balaban J connectivity index is 1.62. The van der Waals surface area contributed by atoms with Crippen LogP contribution in [0.5, 0.6) is 17.2 Å². The van der Waals surface area contributed by atoms with Crippen LogP contribution >= 0.6 is 0 Å². The van der Waals surface area contributed by atoms with Crippen LogP contribution in [0.4, 0.5) is 0 Å². The highest BCUT2D eigenvalue weighted by molar-refractivity contribution is 6.46. The van der Waals surface area contributed by atoms with E-state index in [-0.39, 0.29) is 30.8 Å². The first-order chi connectivity index (χ1) is 15.6. The van der Waals surface area contributed by atoms with E-state index in [1.54, 1.807) is 42.5 Å². The molecule has 0 bridgehead atoms. The first-order valence-corrected chi connectivity index (χ1v) is 10.5. The summed E-state index contributed by atoms with van der Waals surface area (Å²) < 4.78 is 21.9. The maximum absolute atomic E-state index is 13.1. The van der Waals surface area contributed by atoms with Crippen LogP contribution in [0.2, 0.25) is 0 Å². The van der Waals surface area contributed by atoms with Gasteiger partial charge in [-0.05, 0) is 42.7 Å². The zero-order valence-electron chi connectivity index (χ0n) is 17.6. The largest absolute Gasteiger partial charge is 0.507 e. The van der Waals surface area contributed by atoms with Crippen LogP contribution in [-0.4, -0.2) is 54.9 Å². The highest BCUT2D eigenvalue weighted by atomic mass is 16.7. The number of Topliss-reactive ketones (excluding diaryl/α,β-unsaturated/α-hetero) is 1. The van der Waals surface area contributed by atoms with Crippen LogP contribution in [0.3, 0.4) is 0 Å². The summed E-state index contributed by atoms with van der Waals surface area (Å²) in [5, 5.41) is 11.2. The molecule has 2 aromatic rings. The summed E-state index contributed by atoms with van der Waals surface area (Å²) in [6.07, 6.45) is 1.57. The monoisotopic (exact) mass is 437 g/mol. The number of methoxy groups -OCH3 is 1. The molecule has 0 aromatic heterocycles. The molecule has 2 saturated heterocycles. The Morgan fingerprint density at radius 1 is 1.16 bits per heavy atom. The SMILES string of the molecule is COc1cccc(C(O)=C2C(=O)C(=O)N(C[C@@H]3CCCO3)[C@H]2c2ccc3c(c2)OCO3)c1. The number of aliphatic hydroxyl groups is 1. The average Bonchev–Trinajstić information content (AvgIpc) is 3.55. The number of ketones is 1. The highest BCUT2D eigenvalue weighted by Crippen LogP contribution is 2.43. The Morgan fingerprint density at radius 3 is 2.78 bits per heavy atom. The molecule has 32 heavy (non-hydrogen) atoms. The summed E-state index contributed by atoms with van der Waals surface area (Å²) in [6, 6.07) is 11.2. The van der Waals surface area contributed by atoms with Crippen LogP contribution in [0.15, 0.2) is 48.0 Å². The second kappa shape index (κ2) is 8.20.